The molecular weight excluding hydrogens is 376 g/mol. The lowest BCUT2D eigenvalue weighted by molar-refractivity contribution is 0.301. The number of nitrogens with zero attached hydrogens (tertiary/aromatic N) is 3. The van der Waals surface area contributed by atoms with Gasteiger partial charge in [0.1, 0.15) is 17.4 Å². The van der Waals surface area contributed by atoms with E-state index in [1.807, 2.05) is 6.92 Å². The van der Waals surface area contributed by atoms with Crippen molar-refractivity contribution in [3.05, 3.63) is 51.4 Å². The first-order valence-electron chi connectivity index (χ1n) is 7.93. The summed E-state index contributed by atoms with van der Waals surface area (Å²) in [4.78, 5) is 17.1. The standard InChI is InChI=1S/C16H18N4O4S2/c1-3-5-14-18-20-15(21)9-12(17-16(20)25-14)10-24-13-7-4-6-11(8-13)19-26(2,22)23/h4,6-9,19H,3,5,10H2,1-2H3. The molecule has 8 nitrogen and oxygen atoms in total. The van der Waals surface area contributed by atoms with Crippen molar-refractivity contribution in [1.82, 2.24) is 14.6 Å². The van der Waals surface area contributed by atoms with Crippen molar-refractivity contribution in [3.63, 3.8) is 0 Å². The highest BCUT2D eigenvalue weighted by Gasteiger charge is 2.09. The maximum absolute atomic E-state index is 12.2. The second kappa shape index (κ2) is 7.42. The molecule has 0 bridgehead atoms. The van der Waals surface area contributed by atoms with Crippen molar-refractivity contribution in [2.75, 3.05) is 11.0 Å². The summed E-state index contributed by atoms with van der Waals surface area (Å²) in [6.45, 7) is 2.14. The van der Waals surface area contributed by atoms with E-state index >= 15 is 0 Å². The molecule has 3 rings (SSSR count). The minimum atomic E-state index is -3.36. The van der Waals surface area contributed by atoms with E-state index < -0.39 is 10.0 Å². The van der Waals surface area contributed by atoms with Crippen molar-refractivity contribution in [2.24, 2.45) is 0 Å². The number of aryl methyl sites for hydroxylation is 1. The molecule has 138 valence electrons. The third kappa shape index (κ3) is 4.58. The van der Waals surface area contributed by atoms with Gasteiger partial charge in [-0.1, -0.05) is 24.3 Å². The smallest absolute Gasteiger partial charge is 0.275 e. The number of fused-ring (bicyclic) bond motifs is 1. The Kier molecular flexibility index (Phi) is 5.23. The first-order chi connectivity index (χ1) is 12.3. The monoisotopic (exact) mass is 394 g/mol. The fourth-order valence-electron chi connectivity index (χ4n) is 2.31. The molecule has 0 aliphatic heterocycles. The Labute approximate surface area is 154 Å². The van der Waals surface area contributed by atoms with Gasteiger partial charge in [-0.15, -0.1) is 0 Å². The molecule has 0 saturated heterocycles. The van der Waals surface area contributed by atoms with Gasteiger partial charge in [-0.05, 0) is 18.6 Å². The predicted octanol–water partition coefficient (Wildman–Crippen LogP) is 2.05. The molecule has 1 aromatic carbocycles. The zero-order valence-corrected chi connectivity index (χ0v) is 15.9. The molecule has 0 unspecified atom stereocenters. The van der Waals surface area contributed by atoms with Crippen molar-refractivity contribution in [1.29, 1.82) is 0 Å². The molecule has 0 radical (unpaired) electrons. The van der Waals surface area contributed by atoms with Crippen LogP contribution in [0, 0.1) is 0 Å². The van der Waals surface area contributed by atoms with Crippen LogP contribution >= 0.6 is 11.3 Å². The van der Waals surface area contributed by atoms with Crippen molar-refractivity contribution >= 4 is 32.0 Å². The fraction of sp³-hybridized carbons (Fsp3) is 0.312. The second-order valence-electron chi connectivity index (χ2n) is 5.72. The highest BCUT2D eigenvalue weighted by molar-refractivity contribution is 7.92. The van der Waals surface area contributed by atoms with Gasteiger partial charge in [0.05, 0.1) is 17.6 Å². The summed E-state index contributed by atoms with van der Waals surface area (Å²) in [5.74, 6) is 0.469. The van der Waals surface area contributed by atoms with Gasteiger partial charge in [0.15, 0.2) is 0 Å². The normalized spacial score (nSPS) is 11.6. The average molecular weight is 394 g/mol. The predicted molar refractivity (Wildman–Crippen MR) is 100 cm³/mol. The van der Waals surface area contributed by atoms with Gasteiger partial charge in [0, 0.05) is 18.6 Å². The van der Waals surface area contributed by atoms with Gasteiger partial charge in [0.2, 0.25) is 15.0 Å². The molecular formula is C16H18N4O4S2. The van der Waals surface area contributed by atoms with E-state index in [2.05, 4.69) is 14.8 Å². The van der Waals surface area contributed by atoms with E-state index in [-0.39, 0.29) is 12.2 Å². The van der Waals surface area contributed by atoms with Crippen LogP contribution < -0.4 is 15.0 Å². The number of sulfonamides is 1. The number of aromatic nitrogens is 3. The molecule has 3 aromatic rings. The third-order valence-electron chi connectivity index (χ3n) is 3.33. The molecule has 26 heavy (non-hydrogen) atoms. The van der Waals surface area contributed by atoms with E-state index in [0.29, 0.717) is 22.1 Å². The summed E-state index contributed by atoms with van der Waals surface area (Å²) in [5.41, 5.74) is 0.642. The van der Waals surface area contributed by atoms with Gasteiger partial charge in [-0.2, -0.15) is 9.61 Å². The zero-order chi connectivity index (χ0) is 18.7. The van der Waals surface area contributed by atoms with E-state index in [9.17, 15) is 13.2 Å². The van der Waals surface area contributed by atoms with Crippen LogP contribution in [0.1, 0.15) is 24.0 Å². The first-order valence-corrected chi connectivity index (χ1v) is 10.6. The SMILES string of the molecule is CCCc1nn2c(=O)cc(COc3cccc(NS(C)(=O)=O)c3)nc2s1. The van der Waals surface area contributed by atoms with Gasteiger partial charge >= 0.3 is 0 Å². The Hall–Kier alpha value is -2.46. The van der Waals surface area contributed by atoms with Gasteiger partial charge in [-0.25, -0.2) is 13.4 Å². The molecule has 0 aliphatic carbocycles. The molecule has 1 N–H and O–H groups in total. The Morgan fingerprint density at radius 3 is 2.85 bits per heavy atom. The molecule has 2 aromatic heterocycles. The summed E-state index contributed by atoms with van der Waals surface area (Å²) in [5, 5.41) is 5.13. The molecule has 2 heterocycles. The van der Waals surface area contributed by atoms with E-state index in [4.69, 9.17) is 4.74 Å². The van der Waals surface area contributed by atoms with Gasteiger partial charge < -0.3 is 4.74 Å². The van der Waals surface area contributed by atoms with Crippen molar-refractivity contribution in [3.8, 4) is 5.75 Å². The topological polar surface area (TPSA) is 103 Å². The number of anilines is 1. The van der Waals surface area contributed by atoms with Crippen LogP contribution in [0.4, 0.5) is 5.69 Å². The van der Waals surface area contributed by atoms with Crippen LogP contribution in [0.3, 0.4) is 0 Å². The maximum Gasteiger partial charge on any atom is 0.275 e. The molecule has 0 atom stereocenters. The minimum Gasteiger partial charge on any atom is -0.487 e. The second-order valence-corrected chi connectivity index (χ2v) is 8.51. The molecule has 10 heteroatoms. The third-order valence-corrected chi connectivity index (χ3v) is 4.90. The van der Waals surface area contributed by atoms with E-state index in [1.54, 1.807) is 24.3 Å². The van der Waals surface area contributed by atoms with Crippen LogP contribution in [0.2, 0.25) is 0 Å². The number of hydrogen-bond donors (Lipinski definition) is 1. The Balaban J connectivity index is 1.77. The number of hydrogen-bond acceptors (Lipinski definition) is 7. The summed E-state index contributed by atoms with van der Waals surface area (Å²) in [7, 11) is -3.36. The lowest BCUT2D eigenvalue weighted by Crippen LogP contribution is -2.16. The summed E-state index contributed by atoms with van der Waals surface area (Å²) in [6.07, 6.45) is 2.83. The van der Waals surface area contributed by atoms with Crippen molar-refractivity contribution in [2.45, 2.75) is 26.4 Å². The first kappa shape index (κ1) is 18.3. The lowest BCUT2D eigenvalue weighted by atomic mass is 10.3. The van der Waals surface area contributed by atoms with E-state index in [0.717, 1.165) is 24.1 Å². The van der Waals surface area contributed by atoms with Crippen LogP contribution in [0.15, 0.2) is 35.1 Å². The highest BCUT2D eigenvalue weighted by Crippen LogP contribution is 2.19. The zero-order valence-electron chi connectivity index (χ0n) is 14.3. The number of rotatable bonds is 7. The Morgan fingerprint density at radius 1 is 1.31 bits per heavy atom. The van der Waals surface area contributed by atoms with Crippen molar-refractivity contribution < 1.29 is 13.2 Å². The summed E-state index contributed by atoms with van der Waals surface area (Å²) >= 11 is 1.39. The minimum absolute atomic E-state index is 0.0923. The van der Waals surface area contributed by atoms with Crippen LogP contribution in [-0.2, 0) is 23.1 Å². The summed E-state index contributed by atoms with van der Waals surface area (Å²) in [6, 6.07) is 7.95. The molecule has 0 saturated carbocycles. The van der Waals surface area contributed by atoms with E-state index in [1.165, 1.54) is 21.9 Å². The molecule has 0 aliphatic rings. The molecule has 0 spiro atoms. The Bertz CT molecular complexity index is 1090. The van der Waals surface area contributed by atoms with Crippen LogP contribution in [-0.4, -0.2) is 29.3 Å². The highest BCUT2D eigenvalue weighted by atomic mass is 32.2. The maximum atomic E-state index is 12.2. The van der Waals surface area contributed by atoms with Gasteiger partial charge in [-0.3, -0.25) is 9.52 Å². The largest absolute Gasteiger partial charge is 0.487 e. The number of benzene rings is 1. The van der Waals surface area contributed by atoms with Gasteiger partial charge in [0.25, 0.3) is 5.56 Å². The average Bonchev–Trinajstić information content (AvgIpc) is 2.95. The number of nitrogens with one attached hydrogen (secondary N) is 1. The number of ether oxygens (including phenoxy) is 1. The fourth-order valence-corrected chi connectivity index (χ4v) is 3.88. The quantitative estimate of drug-likeness (QED) is 0.658. The van der Waals surface area contributed by atoms with Crippen LogP contribution in [0.5, 0.6) is 5.75 Å². The summed E-state index contributed by atoms with van der Waals surface area (Å²) < 4.78 is 31.9. The molecule has 0 amide bonds. The molecule has 0 fully saturated rings. The lowest BCUT2D eigenvalue weighted by Gasteiger charge is -2.08. The Morgan fingerprint density at radius 2 is 2.12 bits per heavy atom. The van der Waals surface area contributed by atoms with Crippen LogP contribution in [0.25, 0.3) is 4.96 Å².